The average Bonchev–Trinajstić information content (AvgIpc) is 3.20. The molecule has 2 heterocycles. The predicted octanol–water partition coefficient (Wildman–Crippen LogP) is 2.82. The number of amides is 2. The van der Waals surface area contributed by atoms with Gasteiger partial charge in [-0.1, -0.05) is 5.16 Å². The maximum absolute atomic E-state index is 14.5. The van der Waals surface area contributed by atoms with Crippen molar-refractivity contribution in [3.8, 4) is 11.1 Å². The van der Waals surface area contributed by atoms with Crippen LogP contribution in [-0.2, 0) is 9.53 Å². The number of nitrogens with zero attached hydrogens (tertiary/aromatic N) is 2. The minimum atomic E-state index is -0.579. The van der Waals surface area contributed by atoms with E-state index in [1.165, 1.54) is 35.4 Å². The Hall–Kier alpha value is -2.94. The summed E-state index contributed by atoms with van der Waals surface area (Å²) in [6.07, 6.45) is 0.214. The summed E-state index contributed by atoms with van der Waals surface area (Å²) in [5.74, 6) is -0.692. The molecule has 0 unspecified atom stereocenters. The van der Waals surface area contributed by atoms with Crippen LogP contribution in [-0.4, -0.2) is 42.6 Å². The number of carbonyl (C=O) groups excluding carboxylic acids is 2. The summed E-state index contributed by atoms with van der Waals surface area (Å²) in [5.41, 5.74) is 1.42. The lowest BCUT2D eigenvalue weighted by atomic mass is 10.1. The van der Waals surface area contributed by atoms with Crippen molar-refractivity contribution in [1.29, 1.82) is 0 Å². The number of rotatable bonds is 5. The first kappa shape index (κ1) is 17.9. The molecule has 1 aromatic carbocycles. The van der Waals surface area contributed by atoms with Gasteiger partial charge in [0.25, 0.3) is 0 Å². The van der Waals surface area contributed by atoms with E-state index in [9.17, 15) is 14.0 Å². The van der Waals surface area contributed by atoms with Gasteiger partial charge in [0.2, 0.25) is 5.91 Å². The molecule has 136 valence electrons. The highest BCUT2D eigenvalue weighted by molar-refractivity contribution is 7.12. The van der Waals surface area contributed by atoms with Gasteiger partial charge >= 0.3 is 6.09 Å². The number of halogens is 1. The van der Waals surface area contributed by atoms with E-state index in [0.29, 0.717) is 21.7 Å². The number of hydrogen-bond donors (Lipinski definition) is 2. The fraction of sp³-hybridized carbons (Fsp3) is 0.235. The van der Waals surface area contributed by atoms with Crippen LogP contribution in [0.4, 0.5) is 14.9 Å². The van der Waals surface area contributed by atoms with Crippen LogP contribution >= 0.6 is 11.3 Å². The Morgan fingerprint density at radius 1 is 1.54 bits per heavy atom. The first-order valence-corrected chi connectivity index (χ1v) is 8.64. The smallest absolute Gasteiger partial charge is 0.414 e. The molecule has 1 fully saturated rings. The topological polar surface area (TPSA) is 91.2 Å². The van der Waals surface area contributed by atoms with Gasteiger partial charge in [0, 0.05) is 17.4 Å². The highest BCUT2D eigenvalue weighted by Crippen LogP contribution is 2.31. The summed E-state index contributed by atoms with van der Waals surface area (Å²) in [6, 6.07) is 6.20. The Bertz CT molecular complexity index is 867. The van der Waals surface area contributed by atoms with Crippen LogP contribution in [0.15, 0.2) is 34.8 Å². The molecule has 2 amide bonds. The monoisotopic (exact) mass is 377 g/mol. The molecule has 1 aromatic heterocycles. The van der Waals surface area contributed by atoms with E-state index in [0.717, 1.165) is 0 Å². The maximum atomic E-state index is 14.5. The van der Waals surface area contributed by atoms with Gasteiger partial charge in [0.1, 0.15) is 11.9 Å². The fourth-order valence-corrected chi connectivity index (χ4v) is 3.38. The van der Waals surface area contributed by atoms with Crippen LogP contribution in [0.1, 0.15) is 11.8 Å². The second kappa shape index (κ2) is 7.52. The molecule has 3 rings (SSSR count). The van der Waals surface area contributed by atoms with Crippen molar-refractivity contribution in [1.82, 2.24) is 5.32 Å². The van der Waals surface area contributed by atoms with Gasteiger partial charge in [-0.25, -0.2) is 9.18 Å². The molecule has 2 N–H and O–H groups in total. The number of ether oxygens (including phenoxy) is 1. The number of nitrogens with one attached hydrogen (secondary N) is 1. The number of benzene rings is 1. The van der Waals surface area contributed by atoms with E-state index in [2.05, 4.69) is 10.5 Å². The number of thiophene rings is 1. The molecule has 0 aliphatic carbocycles. The normalized spacial score (nSPS) is 16.9. The van der Waals surface area contributed by atoms with E-state index < -0.39 is 18.0 Å². The van der Waals surface area contributed by atoms with E-state index in [4.69, 9.17) is 9.94 Å². The molecule has 26 heavy (non-hydrogen) atoms. The zero-order chi connectivity index (χ0) is 18.7. The van der Waals surface area contributed by atoms with E-state index in [-0.39, 0.29) is 19.0 Å². The van der Waals surface area contributed by atoms with Gasteiger partial charge in [-0.05, 0) is 35.2 Å². The Labute approximate surface area is 152 Å². The molecule has 2 aromatic rings. The summed E-state index contributed by atoms with van der Waals surface area (Å²) in [7, 11) is 0. The Morgan fingerprint density at radius 3 is 3.04 bits per heavy atom. The maximum Gasteiger partial charge on any atom is 0.414 e. The molecular weight excluding hydrogens is 361 g/mol. The lowest BCUT2D eigenvalue weighted by molar-refractivity contribution is -0.119. The van der Waals surface area contributed by atoms with Crippen molar-refractivity contribution >= 4 is 35.2 Å². The lowest BCUT2D eigenvalue weighted by Gasteiger charge is -2.14. The largest absolute Gasteiger partial charge is 0.442 e. The minimum absolute atomic E-state index is 0.211. The molecule has 1 aliphatic rings. The van der Waals surface area contributed by atoms with Crippen LogP contribution in [0.2, 0.25) is 0 Å². The molecule has 0 bridgehead atoms. The molecular formula is C17H16FN3O4S. The second-order valence-electron chi connectivity index (χ2n) is 5.70. The third-order valence-electron chi connectivity index (χ3n) is 3.83. The van der Waals surface area contributed by atoms with Gasteiger partial charge < -0.3 is 15.3 Å². The summed E-state index contributed by atoms with van der Waals surface area (Å²) in [4.78, 5) is 25.0. The zero-order valence-electron chi connectivity index (χ0n) is 13.8. The SMILES string of the molecule is CC(=O)NC[C@H]1CN(c2ccc(-c3csc(C=NO)c3)c(F)c2)C(=O)O1. The molecule has 0 spiro atoms. The Morgan fingerprint density at radius 2 is 2.35 bits per heavy atom. The summed E-state index contributed by atoms with van der Waals surface area (Å²) in [6.45, 7) is 1.82. The van der Waals surface area contributed by atoms with Crippen molar-refractivity contribution in [3.63, 3.8) is 0 Å². The second-order valence-corrected chi connectivity index (χ2v) is 6.64. The van der Waals surface area contributed by atoms with Crippen LogP contribution in [0.3, 0.4) is 0 Å². The van der Waals surface area contributed by atoms with Crippen LogP contribution in [0, 0.1) is 5.82 Å². The number of hydrogen-bond acceptors (Lipinski definition) is 6. The van der Waals surface area contributed by atoms with Crippen molar-refractivity contribution in [2.24, 2.45) is 5.16 Å². The van der Waals surface area contributed by atoms with Crippen molar-refractivity contribution < 1.29 is 23.9 Å². The zero-order valence-corrected chi connectivity index (χ0v) is 14.6. The first-order chi connectivity index (χ1) is 12.5. The van der Waals surface area contributed by atoms with Gasteiger partial charge in [-0.15, -0.1) is 11.3 Å². The van der Waals surface area contributed by atoms with Crippen molar-refractivity contribution in [2.75, 3.05) is 18.0 Å². The molecule has 9 heteroatoms. The summed E-state index contributed by atoms with van der Waals surface area (Å²) in [5, 5.41) is 15.8. The first-order valence-electron chi connectivity index (χ1n) is 7.76. The van der Waals surface area contributed by atoms with E-state index >= 15 is 0 Å². The quantitative estimate of drug-likeness (QED) is 0.476. The molecule has 1 aliphatic heterocycles. The van der Waals surface area contributed by atoms with E-state index in [1.54, 1.807) is 23.6 Å². The van der Waals surface area contributed by atoms with Crippen molar-refractivity contribution in [2.45, 2.75) is 13.0 Å². The van der Waals surface area contributed by atoms with E-state index in [1.807, 2.05) is 0 Å². The number of cyclic esters (lactones) is 1. The third-order valence-corrected chi connectivity index (χ3v) is 4.70. The molecule has 1 atom stereocenters. The highest BCUT2D eigenvalue weighted by Gasteiger charge is 2.32. The molecule has 1 saturated heterocycles. The Balaban J connectivity index is 1.76. The Kier molecular flexibility index (Phi) is 5.17. The van der Waals surface area contributed by atoms with Gasteiger partial charge in [-0.2, -0.15) is 0 Å². The molecule has 0 saturated carbocycles. The highest BCUT2D eigenvalue weighted by atomic mass is 32.1. The fourth-order valence-electron chi connectivity index (χ4n) is 2.62. The lowest BCUT2D eigenvalue weighted by Crippen LogP contribution is -2.33. The minimum Gasteiger partial charge on any atom is -0.442 e. The summed E-state index contributed by atoms with van der Waals surface area (Å²) >= 11 is 1.32. The van der Waals surface area contributed by atoms with Gasteiger partial charge in [0.15, 0.2) is 0 Å². The predicted molar refractivity (Wildman–Crippen MR) is 95.4 cm³/mol. The van der Waals surface area contributed by atoms with Gasteiger partial charge in [-0.3, -0.25) is 9.69 Å². The average molecular weight is 377 g/mol. The van der Waals surface area contributed by atoms with Crippen LogP contribution in [0.5, 0.6) is 0 Å². The standard InChI is InChI=1S/C17H16FN3O4S/c1-10(22)19-6-13-8-21(17(23)25-13)12-2-3-15(16(18)5-12)11-4-14(7-20-24)26-9-11/h2-5,7,9,13,24H,6,8H2,1H3,(H,19,22)/t13-/m0/s1. The number of anilines is 1. The number of oxime groups is 1. The number of carbonyl (C=O) groups is 2. The van der Waals surface area contributed by atoms with Gasteiger partial charge in [0.05, 0.1) is 25.0 Å². The van der Waals surface area contributed by atoms with Crippen LogP contribution < -0.4 is 10.2 Å². The summed E-state index contributed by atoms with van der Waals surface area (Å²) < 4.78 is 19.7. The molecule has 0 radical (unpaired) electrons. The van der Waals surface area contributed by atoms with Crippen LogP contribution in [0.25, 0.3) is 11.1 Å². The van der Waals surface area contributed by atoms with Crippen molar-refractivity contribution in [3.05, 3.63) is 40.3 Å². The third kappa shape index (κ3) is 3.83. The molecule has 7 nitrogen and oxygen atoms in total.